The van der Waals surface area contributed by atoms with Crippen molar-refractivity contribution < 1.29 is 4.79 Å². The van der Waals surface area contributed by atoms with Crippen LogP contribution in [0.25, 0.3) is 0 Å². The zero-order valence-corrected chi connectivity index (χ0v) is 12.9. The minimum atomic E-state index is 0.311. The Morgan fingerprint density at radius 3 is 2.25 bits per heavy atom. The van der Waals surface area contributed by atoms with Crippen LogP contribution in [0.4, 0.5) is 0 Å². The zero-order valence-electron chi connectivity index (χ0n) is 12.9. The number of nitrogens with zero attached hydrogens (tertiary/aromatic N) is 3. The quantitative estimate of drug-likeness (QED) is 0.708. The average Bonchev–Trinajstić information content (AvgIpc) is 2.50. The fourth-order valence-corrected chi connectivity index (χ4v) is 2.96. The molecule has 0 aromatic carbocycles. The van der Waals surface area contributed by atoms with Crippen molar-refractivity contribution in [1.29, 1.82) is 0 Å². The van der Waals surface area contributed by atoms with Crippen LogP contribution in [0.1, 0.15) is 26.2 Å². The van der Waals surface area contributed by atoms with Gasteiger partial charge in [-0.1, -0.05) is 19.8 Å². The number of amides is 1. The molecule has 0 bridgehead atoms. The van der Waals surface area contributed by atoms with Gasteiger partial charge < -0.3 is 15.1 Å². The Kier molecular flexibility index (Phi) is 6.76. The van der Waals surface area contributed by atoms with Crippen molar-refractivity contribution in [3.63, 3.8) is 0 Å². The maximum atomic E-state index is 12.2. The third kappa shape index (κ3) is 5.04. The van der Waals surface area contributed by atoms with E-state index in [0.29, 0.717) is 12.5 Å². The van der Waals surface area contributed by atoms with Crippen molar-refractivity contribution in [1.82, 2.24) is 20.0 Å². The van der Waals surface area contributed by atoms with E-state index in [4.69, 9.17) is 0 Å². The molecular weight excluding hydrogens is 252 g/mol. The van der Waals surface area contributed by atoms with Gasteiger partial charge >= 0.3 is 0 Å². The van der Waals surface area contributed by atoms with E-state index in [1.807, 2.05) is 4.90 Å². The van der Waals surface area contributed by atoms with E-state index in [2.05, 4.69) is 22.0 Å². The van der Waals surface area contributed by atoms with E-state index < -0.39 is 0 Å². The van der Waals surface area contributed by atoms with Crippen LogP contribution in [0, 0.1) is 0 Å². The smallest absolute Gasteiger partial charge is 0.236 e. The summed E-state index contributed by atoms with van der Waals surface area (Å²) >= 11 is 0. The van der Waals surface area contributed by atoms with Crippen molar-refractivity contribution in [3.8, 4) is 0 Å². The van der Waals surface area contributed by atoms with Crippen molar-refractivity contribution in [2.45, 2.75) is 26.2 Å². The van der Waals surface area contributed by atoms with E-state index in [9.17, 15) is 4.79 Å². The lowest BCUT2D eigenvalue weighted by Gasteiger charge is -2.36. The van der Waals surface area contributed by atoms with Crippen LogP contribution >= 0.6 is 0 Å². The number of hydrogen-bond acceptors (Lipinski definition) is 4. The number of piperazine rings is 2. The molecule has 2 aliphatic heterocycles. The predicted molar refractivity (Wildman–Crippen MR) is 81.9 cm³/mol. The molecule has 0 spiro atoms. The highest BCUT2D eigenvalue weighted by atomic mass is 16.2. The van der Waals surface area contributed by atoms with Crippen LogP contribution in [0.2, 0.25) is 0 Å². The van der Waals surface area contributed by atoms with Crippen LogP contribution in [0.15, 0.2) is 0 Å². The molecule has 0 aliphatic carbocycles. The second-order valence-corrected chi connectivity index (χ2v) is 5.96. The third-order valence-corrected chi connectivity index (χ3v) is 4.37. The number of carbonyl (C=O) groups is 1. The number of nitrogens with one attached hydrogen (secondary N) is 1. The molecule has 0 radical (unpaired) electrons. The molecule has 0 atom stereocenters. The Bertz CT molecular complexity index is 284. The number of rotatable bonds is 6. The van der Waals surface area contributed by atoms with E-state index in [1.165, 1.54) is 25.8 Å². The summed E-state index contributed by atoms with van der Waals surface area (Å²) in [7, 11) is 0. The number of hydrogen-bond donors (Lipinski definition) is 1. The Balaban J connectivity index is 1.62. The fraction of sp³-hybridized carbons (Fsp3) is 0.933. The first-order chi connectivity index (χ1) is 9.79. The van der Waals surface area contributed by atoms with Gasteiger partial charge in [-0.25, -0.2) is 0 Å². The Morgan fingerprint density at radius 1 is 0.950 bits per heavy atom. The minimum absolute atomic E-state index is 0.311. The topological polar surface area (TPSA) is 38.8 Å². The van der Waals surface area contributed by atoms with Gasteiger partial charge in [0.15, 0.2) is 0 Å². The number of unbranched alkanes of at least 4 members (excludes halogenated alkanes) is 2. The molecule has 1 N–H and O–H groups in total. The van der Waals surface area contributed by atoms with Crippen LogP contribution in [0.5, 0.6) is 0 Å². The molecule has 2 fully saturated rings. The summed E-state index contributed by atoms with van der Waals surface area (Å²) in [6.07, 6.45) is 3.94. The predicted octanol–water partition coefficient (Wildman–Crippen LogP) is 0.226. The Hall–Kier alpha value is -0.650. The Labute approximate surface area is 123 Å². The molecule has 2 rings (SSSR count). The van der Waals surface area contributed by atoms with Gasteiger partial charge in [0.2, 0.25) is 5.91 Å². The van der Waals surface area contributed by atoms with E-state index >= 15 is 0 Å². The minimum Gasteiger partial charge on any atom is -0.339 e. The summed E-state index contributed by atoms with van der Waals surface area (Å²) < 4.78 is 0. The third-order valence-electron chi connectivity index (χ3n) is 4.37. The molecule has 2 heterocycles. The molecule has 2 aliphatic rings. The first-order valence-electron chi connectivity index (χ1n) is 8.23. The maximum absolute atomic E-state index is 12.2. The highest BCUT2D eigenvalue weighted by molar-refractivity contribution is 5.78. The molecule has 0 unspecified atom stereocenters. The molecule has 20 heavy (non-hydrogen) atoms. The largest absolute Gasteiger partial charge is 0.339 e. The van der Waals surface area contributed by atoms with Gasteiger partial charge in [0.1, 0.15) is 0 Å². The SMILES string of the molecule is CCCCCN1CCN(CC(=O)N2CCNCC2)CC1. The van der Waals surface area contributed by atoms with E-state index in [1.54, 1.807) is 0 Å². The van der Waals surface area contributed by atoms with E-state index in [-0.39, 0.29) is 0 Å². The summed E-state index contributed by atoms with van der Waals surface area (Å²) in [4.78, 5) is 19.1. The molecule has 2 saturated heterocycles. The average molecular weight is 282 g/mol. The van der Waals surface area contributed by atoms with Crippen LogP contribution in [0.3, 0.4) is 0 Å². The van der Waals surface area contributed by atoms with Crippen LogP contribution < -0.4 is 5.32 Å². The van der Waals surface area contributed by atoms with Gasteiger partial charge in [0, 0.05) is 52.4 Å². The zero-order chi connectivity index (χ0) is 14.2. The maximum Gasteiger partial charge on any atom is 0.236 e. The summed E-state index contributed by atoms with van der Waals surface area (Å²) in [5, 5.41) is 3.29. The summed E-state index contributed by atoms with van der Waals surface area (Å²) in [5.41, 5.74) is 0. The van der Waals surface area contributed by atoms with Gasteiger partial charge in [-0.05, 0) is 13.0 Å². The lowest BCUT2D eigenvalue weighted by Crippen LogP contribution is -2.53. The highest BCUT2D eigenvalue weighted by Crippen LogP contribution is 2.05. The fourth-order valence-electron chi connectivity index (χ4n) is 2.96. The van der Waals surface area contributed by atoms with Gasteiger partial charge in [0.25, 0.3) is 0 Å². The molecule has 1 amide bonds. The Morgan fingerprint density at radius 2 is 1.60 bits per heavy atom. The highest BCUT2D eigenvalue weighted by Gasteiger charge is 2.22. The van der Waals surface area contributed by atoms with Gasteiger partial charge in [-0.2, -0.15) is 0 Å². The second-order valence-electron chi connectivity index (χ2n) is 5.96. The lowest BCUT2D eigenvalue weighted by molar-refractivity contribution is -0.133. The molecule has 0 aromatic rings. The summed E-state index contributed by atoms with van der Waals surface area (Å²) in [6, 6.07) is 0. The first kappa shape index (κ1) is 15.7. The van der Waals surface area contributed by atoms with Crippen molar-refractivity contribution >= 4 is 5.91 Å². The van der Waals surface area contributed by atoms with Crippen LogP contribution in [-0.4, -0.2) is 86.1 Å². The van der Waals surface area contributed by atoms with Gasteiger partial charge in [-0.3, -0.25) is 9.69 Å². The molecule has 0 saturated carbocycles. The normalized spacial score (nSPS) is 22.1. The van der Waals surface area contributed by atoms with Crippen molar-refractivity contribution in [2.75, 3.05) is 65.4 Å². The second kappa shape index (κ2) is 8.60. The molecule has 116 valence electrons. The standard InChI is InChI=1S/C15H30N4O/c1-2-3-4-7-17-10-12-18(13-11-17)14-15(20)19-8-5-16-6-9-19/h16H,2-14H2,1H3. The van der Waals surface area contributed by atoms with Crippen molar-refractivity contribution in [2.24, 2.45) is 0 Å². The number of carbonyl (C=O) groups excluding carboxylic acids is 1. The molecule has 5 nitrogen and oxygen atoms in total. The molecule has 5 heteroatoms. The monoisotopic (exact) mass is 282 g/mol. The van der Waals surface area contributed by atoms with Crippen molar-refractivity contribution in [3.05, 3.63) is 0 Å². The van der Waals surface area contributed by atoms with Gasteiger partial charge in [-0.15, -0.1) is 0 Å². The molecule has 0 aromatic heterocycles. The molecular formula is C15H30N4O. The van der Waals surface area contributed by atoms with E-state index in [0.717, 1.165) is 52.4 Å². The summed E-state index contributed by atoms with van der Waals surface area (Å²) in [5.74, 6) is 0.311. The van der Waals surface area contributed by atoms with Gasteiger partial charge in [0.05, 0.1) is 6.54 Å². The van der Waals surface area contributed by atoms with Crippen LogP contribution in [-0.2, 0) is 4.79 Å². The summed E-state index contributed by atoms with van der Waals surface area (Å²) in [6.45, 7) is 12.1. The lowest BCUT2D eigenvalue weighted by atomic mass is 10.2. The first-order valence-corrected chi connectivity index (χ1v) is 8.23.